The molecule has 1 atom stereocenters. The van der Waals surface area contributed by atoms with Crippen molar-refractivity contribution in [3.63, 3.8) is 0 Å². The zero-order chi connectivity index (χ0) is 14.0. The van der Waals surface area contributed by atoms with Crippen molar-refractivity contribution in [2.45, 2.75) is 56.7 Å². The largest absolute Gasteiger partial charge is 0.325 e. The molecule has 2 rings (SSSR count). The van der Waals surface area contributed by atoms with Gasteiger partial charge < -0.3 is 5.32 Å². The van der Waals surface area contributed by atoms with Crippen molar-refractivity contribution in [1.82, 2.24) is 0 Å². The molecule has 1 aromatic carbocycles. The molecule has 0 saturated heterocycles. The Kier molecular flexibility index (Phi) is 4.34. The number of anilines is 1. The van der Waals surface area contributed by atoms with Crippen LogP contribution < -0.4 is 5.32 Å². The molecule has 1 aliphatic heterocycles. The van der Waals surface area contributed by atoms with E-state index in [1.165, 1.54) is 24.8 Å². The van der Waals surface area contributed by atoms with E-state index >= 15 is 0 Å². The fraction of sp³-hybridized carbons (Fsp3) is 0.562. The van der Waals surface area contributed by atoms with E-state index in [1.807, 2.05) is 19.9 Å². The third-order valence-electron chi connectivity index (χ3n) is 3.96. The number of fused-ring (bicyclic) bond motifs is 1. The van der Waals surface area contributed by atoms with Crippen LogP contribution in [-0.2, 0) is 10.2 Å². The Balaban J connectivity index is 2.18. The van der Waals surface area contributed by atoms with Gasteiger partial charge in [0.05, 0.1) is 5.41 Å². The molecular formula is C16H22BrNO. The van der Waals surface area contributed by atoms with E-state index in [0.717, 1.165) is 17.7 Å². The predicted octanol–water partition coefficient (Wildman–Crippen LogP) is 4.93. The molecule has 0 radical (unpaired) electrons. The van der Waals surface area contributed by atoms with Crippen molar-refractivity contribution in [3.05, 3.63) is 29.3 Å². The Hall–Kier alpha value is -0.830. The lowest BCUT2D eigenvalue weighted by Crippen LogP contribution is -2.26. The van der Waals surface area contributed by atoms with Crippen LogP contribution in [0.2, 0.25) is 0 Å². The van der Waals surface area contributed by atoms with Crippen LogP contribution in [0.15, 0.2) is 18.2 Å². The van der Waals surface area contributed by atoms with Gasteiger partial charge in [-0.1, -0.05) is 54.2 Å². The Bertz CT molecular complexity index is 482. The van der Waals surface area contributed by atoms with Crippen LogP contribution in [0.5, 0.6) is 0 Å². The first-order valence-electron chi connectivity index (χ1n) is 7.06. The van der Waals surface area contributed by atoms with Gasteiger partial charge in [0.25, 0.3) is 0 Å². The van der Waals surface area contributed by atoms with Gasteiger partial charge in [-0.05, 0) is 37.5 Å². The quantitative estimate of drug-likeness (QED) is 0.604. The van der Waals surface area contributed by atoms with Crippen LogP contribution in [0.3, 0.4) is 0 Å². The fourth-order valence-corrected chi connectivity index (χ4v) is 3.13. The maximum atomic E-state index is 11.9. The van der Waals surface area contributed by atoms with Crippen molar-refractivity contribution in [1.29, 1.82) is 0 Å². The molecule has 0 aromatic heterocycles. The van der Waals surface area contributed by atoms with E-state index in [9.17, 15) is 4.79 Å². The average Bonchev–Trinajstić information content (AvgIpc) is 2.60. The zero-order valence-corrected chi connectivity index (χ0v) is 13.5. The second-order valence-corrected chi connectivity index (χ2v) is 6.95. The number of nitrogens with one attached hydrogen (secondary N) is 1. The Morgan fingerprint density at radius 2 is 2.05 bits per heavy atom. The number of halogens is 1. The van der Waals surface area contributed by atoms with Gasteiger partial charge in [0.15, 0.2) is 0 Å². The van der Waals surface area contributed by atoms with Gasteiger partial charge in [-0.15, -0.1) is 0 Å². The first kappa shape index (κ1) is 14.6. The monoisotopic (exact) mass is 323 g/mol. The van der Waals surface area contributed by atoms with E-state index in [1.54, 1.807) is 0 Å². The average molecular weight is 324 g/mol. The number of amides is 1. The highest BCUT2D eigenvalue weighted by atomic mass is 79.9. The summed E-state index contributed by atoms with van der Waals surface area (Å²) in [5.74, 6) is 0.0942. The summed E-state index contributed by atoms with van der Waals surface area (Å²) in [5.41, 5.74) is 2.95. The van der Waals surface area contributed by atoms with E-state index in [-0.39, 0.29) is 5.91 Å². The minimum absolute atomic E-state index is 0.0942. The van der Waals surface area contributed by atoms with Crippen molar-refractivity contribution in [2.75, 3.05) is 5.32 Å². The van der Waals surface area contributed by atoms with Crippen LogP contribution >= 0.6 is 15.9 Å². The number of unbranched alkanes of at least 4 members (excludes halogenated alkanes) is 2. The summed E-state index contributed by atoms with van der Waals surface area (Å²) in [6, 6.07) is 6.33. The second kappa shape index (κ2) is 5.66. The lowest BCUT2D eigenvalue weighted by molar-refractivity contribution is -0.119. The van der Waals surface area contributed by atoms with Crippen LogP contribution in [-0.4, -0.2) is 5.91 Å². The van der Waals surface area contributed by atoms with Gasteiger partial charge in [-0.2, -0.15) is 0 Å². The van der Waals surface area contributed by atoms with Crippen molar-refractivity contribution in [3.8, 4) is 0 Å². The first-order chi connectivity index (χ1) is 8.96. The minimum atomic E-state index is -0.415. The number of alkyl halides is 1. The van der Waals surface area contributed by atoms with Crippen LogP contribution in [0.25, 0.3) is 0 Å². The second-order valence-electron chi connectivity index (χ2n) is 5.85. The smallest absolute Gasteiger partial charge is 0.234 e. The summed E-state index contributed by atoms with van der Waals surface area (Å²) in [6.07, 6.45) is 4.91. The number of carbonyl (C=O) groups is 1. The summed E-state index contributed by atoms with van der Waals surface area (Å²) in [6.45, 7) is 6.19. The molecule has 104 valence electrons. The predicted molar refractivity (Wildman–Crippen MR) is 83.9 cm³/mol. The van der Waals surface area contributed by atoms with E-state index < -0.39 is 5.41 Å². The van der Waals surface area contributed by atoms with Crippen molar-refractivity contribution >= 4 is 27.5 Å². The van der Waals surface area contributed by atoms with E-state index in [2.05, 4.69) is 40.3 Å². The van der Waals surface area contributed by atoms with Gasteiger partial charge in [0.2, 0.25) is 5.91 Å². The van der Waals surface area contributed by atoms with E-state index in [4.69, 9.17) is 0 Å². The summed E-state index contributed by atoms with van der Waals surface area (Å²) in [7, 11) is 0. The lowest BCUT2D eigenvalue weighted by Gasteiger charge is -2.17. The topological polar surface area (TPSA) is 29.1 Å². The highest BCUT2D eigenvalue weighted by Gasteiger charge is 2.38. The zero-order valence-electron chi connectivity index (χ0n) is 11.9. The van der Waals surface area contributed by atoms with Crippen LogP contribution in [0.4, 0.5) is 5.69 Å². The molecule has 1 aromatic rings. The molecule has 1 heterocycles. The molecule has 1 N–H and O–H groups in total. The lowest BCUT2D eigenvalue weighted by atomic mass is 9.85. The van der Waals surface area contributed by atoms with Gasteiger partial charge in [0.1, 0.15) is 0 Å². The van der Waals surface area contributed by atoms with Gasteiger partial charge in [-0.3, -0.25) is 4.79 Å². The summed E-state index contributed by atoms with van der Waals surface area (Å²) in [4.78, 5) is 12.3. The van der Waals surface area contributed by atoms with E-state index in [0.29, 0.717) is 4.83 Å². The maximum Gasteiger partial charge on any atom is 0.234 e. The number of rotatable bonds is 5. The Labute approximate surface area is 124 Å². The number of carbonyl (C=O) groups excluding carboxylic acids is 1. The molecule has 0 fully saturated rings. The molecule has 0 aliphatic carbocycles. The third kappa shape index (κ3) is 2.86. The Morgan fingerprint density at radius 3 is 2.74 bits per heavy atom. The van der Waals surface area contributed by atoms with Crippen molar-refractivity contribution in [2.24, 2.45) is 0 Å². The molecule has 1 amide bonds. The van der Waals surface area contributed by atoms with Crippen LogP contribution in [0, 0.1) is 0 Å². The Morgan fingerprint density at radius 1 is 1.32 bits per heavy atom. The molecule has 1 aliphatic rings. The molecule has 3 heteroatoms. The first-order valence-corrected chi connectivity index (χ1v) is 7.98. The molecule has 0 bridgehead atoms. The number of hydrogen-bond donors (Lipinski definition) is 1. The highest BCUT2D eigenvalue weighted by molar-refractivity contribution is 9.09. The molecule has 0 saturated carbocycles. The summed E-state index contributed by atoms with van der Waals surface area (Å²) < 4.78 is 0. The molecule has 0 spiro atoms. The maximum absolute atomic E-state index is 11.9. The number of hydrogen-bond acceptors (Lipinski definition) is 1. The van der Waals surface area contributed by atoms with Gasteiger partial charge in [0, 0.05) is 10.5 Å². The van der Waals surface area contributed by atoms with Gasteiger partial charge >= 0.3 is 0 Å². The third-order valence-corrected chi connectivity index (χ3v) is 4.94. The molecule has 19 heavy (non-hydrogen) atoms. The number of benzene rings is 1. The minimum Gasteiger partial charge on any atom is -0.325 e. The normalized spacial score (nSPS) is 18.0. The fourth-order valence-electron chi connectivity index (χ4n) is 2.52. The SMILES string of the molecule is CCCCCC(Br)c1ccc2c(c1)C(C)(C)C(=O)N2. The standard InChI is InChI=1S/C16H22BrNO/c1-4-5-6-7-13(17)11-8-9-14-12(10-11)16(2,3)15(19)18-14/h8-10,13H,4-7H2,1-3H3,(H,18,19). The summed E-state index contributed by atoms with van der Waals surface area (Å²) >= 11 is 3.77. The van der Waals surface area contributed by atoms with Crippen molar-refractivity contribution < 1.29 is 4.79 Å². The van der Waals surface area contributed by atoms with Crippen LogP contribution in [0.1, 0.15) is 62.4 Å². The molecule has 2 nitrogen and oxygen atoms in total. The highest BCUT2D eigenvalue weighted by Crippen LogP contribution is 2.40. The summed E-state index contributed by atoms with van der Waals surface area (Å²) in [5, 5.41) is 2.95. The van der Waals surface area contributed by atoms with Gasteiger partial charge in [-0.25, -0.2) is 0 Å². The molecular weight excluding hydrogens is 302 g/mol. The molecule has 1 unspecified atom stereocenters.